The molecule has 3 atom stereocenters. The number of rotatable bonds is 7. The van der Waals surface area contributed by atoms with Gasteiger partial charge in [0.1, 0.15) is 5.75 Å². The van der Waals surface area contributed by atoms with Gasteiger partial charge >= 0.3 is 0 Å². The zero-order valence-corrected chi connectivity index (χ0v) is 16.1. The molecular formula is C19H27ClN2O4. The monoisotopic (exact) mass is 382 g/mol. The molecule has 0 spiro atoms. The average Bonchev–Trinajstić information content (AvgIpc) is 2.99. The van der Waals surface area contributed by atoms with Gasteiger partial charge in [-0.05, 0) is 43.4 Å². The van der Waals surface area contributed by atoms with E-state index in [1.54, 1.807) is 13.2 Å². The van der Waals surface area contributed by atoms with Gasteiger partial charge in [0.2, 0.25) is 0 Å². The van der Waals surface area contributed by atoms with Gasteiger partial charge in [-0.15, -0.1) is 0 Å². The second kappa shape index (κ2) is 8.13. The summed E-state index contributed by atoms with van der Waals surface area (Å²) in [5, 5.41) is 0.486. The maximum atomic E-state index is 10.9. The van der Waals surface area contributed by atoms with Crippen molar-refractivity contribution in [3.05, 3.63) is 28.8 Å². The number of ether oxygens (including phenoxy) is 3. The van der Waals surface area contributed by atoms with Crippen LogP contribution in [0.5, 0.6) is 5.75 Å². The van der Waals surface area contributed by atoms with Crippen LogP contribution in [0.25, 0.3) is 0 Å². The van der Waals surface area contributed by atoms with Gasteiger partial charge < -0.3 is 19.9 Å². The first-order chi connectivity index (χ1) is 12.5. The summed E-state index contributed by atoms with van der Waals surface area (Å²) >= 11 is 6.30. The van der Waals surface area contributed by atoms with E-state index in [9.17, 15) is 4.79 Å². The normalized spacial score (nSPS) is 28.7. The van der Waals surface area contributed by atoms with E-state index in [0.717, 1.165) is 44.3 Å². The second-order valence-electron chi connectivity index (χ2n) is 7.16. The van der Waals surface area contributed by atoms with Crippen LogP contribution in [0.2, 0.25) is 5.02 Å². The average molecular weight is 383 g/mol. The Morgan fingerprint density at radius 2 is 2.19 bits per heavy atom. The van der Waals surface area contributed by atoms with Crippen LogP contribution in [0.3, 0.4) is 0 Å². The van der Waals surface area contributed by atoms with E-state index in [4.69, 9.17) is 31.5 Å². The highest BCUT2D eigenvalue weighted by Crippen LogP contribution is 2.43. The van der Waals surface area contributed by atoms with Crippen molar-refractivity contribution >= 4 is 17.5 Å². The van der Waals surface area contributed by atoms with E-state index >= 15 is 0 Å². The summed E-state index contributed by atoms with van der Waals surface area (Å²) in [5.74, 6) is -0.0536. The van der Waals surface area contributed by atoms with E-state index in [1.807, 2.05) is 19.2 Å². The van der Waals surface area contributed by atoms with Crippen molar-refractivity contribution in [1.29, 1.82) is 0 Å². The SMILES string of the molecule is CO[C@H]1CC[C@@]2(OC)CCN(Cc3ccc(OCC(N)=O)c(Cl)c3)[C@H]2C1. The largest absolute Gasteiger partial charge is 0.482 e. The smallest absolute Gasteiger partial charge is 0.255 e. The van der Waals surface area contributed by atoms with Crippen LogP contribution >= 0.6 is 11.6 Å². The number of nitrogens with two attached hydrogens (primary N) is 1. The Kier molecular flexibility index (Phi) is 6.07. The maximum Gasteiger partial charge on any atom is 0.255 e. The number of fused-ring (bicyclic) bond motifs is 1. The molecule has 1 amide bonds. The van der Waals surface area contributed by atoms with E-state index < -0.39 is 5.91 Å². The lowest BCUT2D eigenvalue weighted by molar-refractivity contribution is -0.119. The number of halogens is 1. The van der Waals surface area contributed by atoms with Crippen molar-refractivity contribution in [2.24, 2.45) is 5.73 Å². The molecule has 1 aromatic rings. The third-order valence-electron chi connectivity index (χ3n) is 5.74. The van der Waals surface area contributed by atoms with Crippen LogP contribution in [0, 0.1) is 0 Å². The molecule has 2 N–H and O–H groups in total. The first-order valence-electron chi connectivity index (χ1n) is 8.99. The van der Waals surface area contributed by atoms with E-state index in [1.165, 1.54) is 0 Å². The molecule has 3 rings (SSSR count). The summed E-state index contributed by atoms with van der Waals surface area (Å²) in [6.45, 7) is 1.61. The van der Waals surface area contributed by atoms with Gasteiger partial charge in [-0.1, -0.05) is 17.7 Å². The molecular weight excluding hydrogens is 356 g/mol. The number of carbonyl (C=O) groups excluding carboxylic acids is 1. The molecule has 0 radical (unpaired) electrons. The van der Waals surface area contributed by atoms with Gasteiger partial charge in [0.05, 0.1) is 16.7 Å². The summed E-state index contributed by atoms with van der Waals surface area (Å²) in [6.07, 6.45) is 4.39. The van der Waals surface area contributed by atoms with Crippen LogP contribution in [-0.2, 0) is 20.8 Å². The topological polar surface area (TPSA) is 74.0 Å². The fraction of sp³-hybridized carbons (Fsp3) is 0.632. The van der Waals surface area contributed by atoms with Gasteiger partial charge in [0.25, 0.3) is 5.91 Å². The zero-order valence-electron chi connectivity index (χ0n) is 15.4. The van der Waals surface area contributed by atoms with Gasteiger partial charge in [-0.2, -0.15) is 0 Å². The van der Waals surface area contributed by atoms with Crippen LogP contribution in [-0.4, -0.2) is 55.9 Å². The van der Waals surface area contributed by atoms with Gasteiger partial charge in [-0.25, -0.2) is 0 Å². The molecule has 6 nitrogen and oxygen atoms in total. The number of amides is 1. The quantitative estimate of drug-likeness (QED) is 0.783. The first-order valence-corrected chi connectivity index (χ1v) is 9.37. The molecule has 1 aliphatic carbocycles. The molecule has 2 fully saturated rings. The highest BCUT2D eigenvalue weighted by atomic mass is 35.5. The molecule has 7 heteroatoms. The number of nitrogens with zero attached hydrogens (tertiary/aromatic N) is 1. The number of methoxy groups -OCH3 is 2. The van der Waals surface area contributed by atoms with Crippen molar-refractivity contribution in [1.82, 2.24) is 4.90 Å². The van der Waals surface area contributed by atoms with Crippen molar-refractivity contribution in [3.8, 4) is 5.75 Å². The Bertz CT molecular complexity index is 656. The van der Waals surface area contributed by atoms with Gasteiger partial charge in [0.15, 0.2) is 6.61 Å². The van der Waals surface area contributed by atoms with Gasteiger partial charge in [-0.3, -0.25) is 9.69 Å². The summed E-state index contributed by atoms with van der Waals surface area (Å²) < 4.78 is 16.9. The molecule has 2 aliphatic rings. The molecule has 0 bridgehead atoms. The number of hydrogen-bond acceptors (Lipinski definition) is 5. The molecule has 1 saturated carbocycles. The molecule has 1 aromatic carbocycles. The van der Waals surface area contributed by atoms with Crippen molar-refractivity contribution in [2.45, 2.75) is 50.0 Å². The van der Waals surface area contributed by atoms with Crippen LogP contribution in [0.15, 0.2) is 18.2 Å². The molecule has 0 unspecified atom stereocenters. The fourth-order valence-corrected chi connectivity index (χ4v) is 4.56. The number of hydrogen-bond donors (Lipinski definition) is 1. The lowest BCUT2D eigenvalue weighted by atomic mass is 9.79. The predicted octanol–water partition coefficient (Wildman–Crippen LogP) is 2.36. The number of likely N-dealkylation sites (tertiary alicyclic amines) is 1. The lowest BCUT2D eigenvalue weighted by Gasteiger charge is -2.43. The van der Waals surface area contributed by atoms with Crippen molar-refractivity contribution < 1.29 is 19.0 Å². The minimum absolute atomic E-state index is 0.0661. The molecule has 1 saturated heterocycles. The number of benzene rings is 1. The minimum Gasteiger partial charge on any atom is -0.482 e. The van der Waals surface area contributed by atoms with Crippen molar-refractivity contribution in [3.63, 3.8) is 0 Å². The predicted molar refractivity (Wildman–Crippen MR) is 99.3 cm³/mol. The Balaban J connectivity index is 1.70. The Morgan fingerprint density at radius 3 is 2.85 bits per heavy atom. The van der Waals surface area contributed by atoms with E-state index in [2.05, 4.69) is 4.90 Å². The molecule has 1 aliphatic heterocycles. The highest BCUT2D eigenvalue weighted by Gasteiger charge is 2.50. The first kappa shape index (κ1) is 19.4. The maximum absolute atomic E-state index is 10.9. The third kappa shape index (κ3) is 3.98. The standard InChI is InChI=1S/C19H27ClN2O4/c1-24-14-5-6-19(25-2)7-8-22(17(19)10-14)11-13-3-4-16(15(20)9-13)26-12-18(21)23/h3-4,9,14,17H,5-8,10-12H2,1-2H3,(H2,21,23)/t14-,17-,19+/m0/s1. The second-order valence-corrected chi connectivity index (χ2v) is 7.56. The number of carbonyl (C=O) groups is 1. The summed E-state index contributed by atoms with van der Waals surface area (Å²) in [7, 11) is 3.61. The van der Waals surface area contributed by atoms with Gasteiger partial charge in [0, 0.05) is 33.4 Å². The molecule has 1 heterocycles. The summed E-state index contributed by atoms with van der Waals surface area (Å²) in [5.41, 5.74) is 6.14. The van der Waals surface area contributed by atoms with Crippen molar-refractivity contribution in [2.75, 3.05) is 27.4 Å². The molecule has 0 aromatic heterocycles. The highest BCUT2D eigenvalue weighted by molar-refractivity contribution is 6.32. The summed E-state index contributed by atoms with van der Waals surface area (Å²) in [6, 6.07) is 6.00. The minimum atomic E-state index is -0.525. The summed E-state index contributed by atoms with van der Waals surface area (Å²) in [4.78, 5) is 13.3. The Labute approximate surface area is 159 Å². The Morgan fingerprint density at radius 1 is 1.38 bits per heavy atom. The van der Waals surface area contributed by atoms with Crippen LogP contribution in [0.1, 0.15) is 31.2 Å². The third-order valence-corrected chi connectivity index (χ3v) is 6.03. The Hall–Kier alpha value is -1.34. The number of primary amides is 1. The lowest BCUT2D eigenvalue weighted by Crippen LogP contribution is -2.51. The molecule has 26 heavy (non-hydrogen) atoms. The van der Waals surface area contributed by atoms with Crippen LogP contribution < -0.4 is 10.5 Å². The zero-order chi connectivity index (χ0) is 18.7. The van der Waals surface area contributed by atoms with E-state index in [0.29, 0.717) is 16.8 Å². The van der Waals surface area contributed by atoms with E-state index in [-0.39, 0.29) is 18.3 Å². The fourth-order valence-electron chi connectivity index (χ4n) is 4.30. The molecule has 144 valence electrons. The van der Waals surface area contributed by atoms with Crippen LogP contribution in [0.4, 0.5) is 0 Å².